The number of hydrogen-bond acceptors (Lipinski definition) is 6. The maximum absolute atomic E-state index is 11.4. The van der Waals surface area contributed by atoms with E-state index >= 15 is 0 Å². The number of carbonyl (C=O) groups excluding carboxylic acids is 1. The van der Waals surface area contributed by atoms with Crippen molar-refractivity contribution >= 4 is 23.3 Å². The first kappa shape index (κ1) is 25.7. The van der Waals surface area contributed by atoms with Crippen molar-refractivity contribution in [3.05, 3.63) is 101 Å². The van der Waals surface area contributed by atoms with E-state index in [1.807, 2.05) is 37.4 Å². The lowest BCUT2D eigenvalue weighted by molar-refractivity contribution is -0.148. The number of nitrogens with one attached hydrogen (secondary N) is 1. The second-order valence-corrected chi connectivity index (χ2v) is 7.68. The number of oxime groups is 1. The Bertz CT molecular complexity index is 1140. The predicted octanol–water partition coefficient (Wildman–Crippen LogP) is 5.53. The number of ether oxygens (including phenoxy) is 2. The van der Waals surface area contributed by atoms with Crippen molar-refractivity contribution in [1.82, 2.24) is 5.32 Å². The zero-order valence-electron chi connectivity index (χ0n) is 20.5. The van der Waals surface area contributed by atoms with Gasteiger partial charge in [0.2, 0.25) is 6.61 Å². The second kappa shape index (κ2) is 13.7. The molecular formula is C29H32N2O4. The van der Waals surface area contributed by atoms with E-state index in [-0.39, 0.29) is 6.61 Å². The molecule has 0 aliphatic rings. The van der Waals surface area contributed by atoms with Crippen molar-refractivity contribution in [2.45, 2.75) is 20.3 Å². The molecule has 0 atom stereocenters. The van der Waals surface area contributed by atoms with E-state index in [4.69, 9.17) is 14.3 Å². The summed E-state index contributed by atoms with van der Waals surface area (Å²) in [6.45, 7) is 4.46. The molecule has 0 aliphatic heterocycles. The van der Waals surface area contributed by atoms with E-state index in [9.17, 15) is 4.79 Å². The van der Waals surface area contributed by atoms with Gasteiger partial charge < -0.3 is 14.3 Å². The highest BCUT2D eigenvalue weighted by Crippen LogP contribution is 2.35. The summed E-state index contributed by atoms with van der Waals surface area (Å²) >= 11 is 0. The fourth-order valence-corrected chi connectivity index (χ4v) is 3.72. The van der Waals surface area contributed by atoms with Gasteiger partial charge in [-0.15, -0.1) is 0 Å². The summed E-state index contributed by atoms with van der Waals surface area (Å²) in [4.78, 5) is 16.5. The average Bonchev–Trinajstić information content (AvgIpc) is 2.90. The summed E-state index contributed by atoms with van der Waals surface area (Å²) in [5, 5.41) is 6.92. The smallest absolute Gasteiger partial charge is 0.347 e. The Morgan fingerprint density at radius 2 is 1.66 bits per heavy atom. The highest BCUT2D eigenvalue weighted by atomic mass is 16.6. The molecule has 182 valence electrons. The minimum Gasteiger partial charge on any atom is -0.478 e. The molecule has 6 nitrogen and oxygen atoms in total. The molecule has 6 heteroatoms. The van der Waals surface area contributed by atoms with Crippen molar-refractivity contribution in [3.63, 3.8) is 0 Å². The summed E-state index contributed by atoms with van der Waals surface area (Å²) in [6, 6.07) is 26.7. The van der Waals surface area contributed by atoms with Gasteiger partial charge in [0.05, 0.1) is 12.8 Å². The van der Waals surface area contributed by atoms with Crippen molar-refractivity contribution in [3.8, 4) is 5.75 Å². The zero-order chi connectivity index (χ0) is 24.9. The van der Waals surface area contributed by atoms with Crippen LogP contribution >= 0.6 is 0 Å². The van der Waals surface area contributed by atoms with Crippen LogP contribution in [-0.2, 0) is 14.4 Å². The van der Waals surface area contributed by atoms with E-state index in [1.54, 1.807) is 13.1 Å². The van der Waals surface area contributed by atoms with Gasteiger partial charge in [-0.2, -0.15) is 0 Å². The molecule has 0 radical (unpaired) electrons. The normalized spacial score (nSPS) is 11.7. The first-order valence-electron chi connectivity index (χ1n) is 11.7. The molecule has 0 heterocycles. The summed E-state index contributed by atoms with van der Waals surface area (Å²) in [5.74, 6) is 0.362. The van der Waals surface area contributed by atoms with Crippen LogP contribution in [0.5, 0.6) is 5.75 Å². The molecule has 1 N–H and O–H groups in total. The van der Waals surface area contributed by atoms with Crippen LogP contribution in [0.4, 0.5) is 0 Å². The highest BCUT2D eigenvalue weighted by Gasteiger charge is 2.14. The number of nitrogens with zero attached hydrogens (tertiary/aromatic N) is 1. The molecule has 0 unspecified atom stereocenters. The fourth-order valence-electron chi connectivity index (χ4n) is 3.72. The van der Waals surface area contributed by atoms with Crippen LogP contribution in [0, 0.1) is 0 Å². The molecule has 3 aromatic rings. The zero-order valence-corrected chi connectivity index (χ0v) is 20.5. The van der Waals surface area contributed by atoms with Crippen molar-refractivity contribution in [2.75, 3.05) is 27.0 Å². The Labute approximate surface area is 207 Å². The number of rotatable bonds is 12. The summed E-state index contributed by atoms with van der Waals surface area (Å²) in [5.41, 5.74) is 6.57. The molecule has 0 aromatic heterocycles. The van der Waals surface area contributed by atoms with E-state index < -0.39 is 5.97 Å². The third-order valence-electron chi connectivity index (χ3n) is 5.24. The van der Waals surface area contributed by atoms with E-state index in [2.05, 4.69) is 65.9 Å². The van der Waals surface area contributed by atoms with Gasteiger partial charge in [-0.1, -0.05) is 72.7 Å². The largest absolute Gasteiger partial charge is 0.478 e. The van der Waals surface area contributed by atoms with E-state index in [1.165, 1.54) is 11.1 Å². The van der Waals surface area contributed by atoms with Crippen LogP contribution in [0.2, 0.25) is 0 Å². The molecule has 0 fully saturated rings. The summed E-state index contributed by atoms with van der Waals surface area (Å²) < 4.78 is 10.5. The SMILES string of the molecule is CCOC(=O)CO/N=C/c1cccc(/C(=C(/CC)c2ccccc2)c2ccc(OCNC)cc2)c1. The standard InChI is InChI=1S/C29H32N2O4/c1-4-27(23-11-7-6-8-12-23)29(24-14-16-26(17-15-24)34-21-30-3)25-13-9-10-22(18-25)19-31-35-20-28(32)33-5-2/h6-19,30H,4-5,20-21H2,1-3H3/b29-27-,31-19+. The van der Waals surface area contributed by atoms with Crippen LogP contribution in [0.1, 0.15) is 42.5 Å². The predicted molar refractivity (Wildman–Crippen MR) is 140 cm³/mol. The first-order chi connectivity index (χ1) is 17.2. The highest BCUT2D eigenvalue weighted by molar-refractivity contribution is 5.99. The Kier molecular flexibility index (Phi) is 10.1. The molecule has 0 saturated carbocycles. The Hall–Kier alpha value is -3.90. The third-order valence-corrected chi connectivity index (χ3v) is 5.24. The molecule has 0 bridgehead atoms. The Morgan fingerprint density at radius 1 is 0.914 bits per heavy atom. The number of allylic oxidation sites excluding steroid dienone is 1. The average molecular weight is 473 g/mol. The third kappa shape index (κ3) is 7.55. The van der Waals surface area contributed by atoms with Gasteiger partial charge in [-0.3, -0.25) is 5.32 Å². The number of hydrogen-bond donors (Lipinski definition) is 1. The van der Waals surface area contributed by atoms with E-state index in [0.717, 1.165) is 34.4 Å². The van der Waals surface area contributed by atoms with Crippen LogP contribution in [-0.4, -0.2) is 39.2 Å². The second-order valence-electron chi connectivity index (χ2n) is 7.68. The van der Waals surface area contributed by atoms with Crippen molar-refractivity contribution in [1.29, 1.82) is 0 Å². The molecule has 0 saturated heterocycles. The van der Waals surface area contributed by atoms with Crippen molar-refractivity contribution < 1.29 is 19.1 Å². The number of benzene rings is 3. The van der Waals surface area contributed by atoms with Gasteiger partial charge >= 0.3 is 5.97 Å². The van der Waals surface area contributed by atoms with Crippen LogP contribution < -0.4 is 10.1 Å². The Morgan fingerprint density at radius 3 is 2.34 bits per heavy atom. The minimum absolute atomic E-state index is 0.217. The topological polar surface area (TPSA) is 69.2 Å². The molecule has 3 aromatic carbocycles. The maximum Gasteiger partial charge on any atom is 0.347 e. The van der Waals surface area contributed by atoms with Crippen molar-refractivity contribution in [2.24, 2.45) is 5.16 Å². The summed E-state index contributed by atoms with van der Waals surface area (Å²) in [6.07, 6.45) is 2.46. The number of carbonyl (C=O) groups is 1. The van der Waals surface area contributed by atoms with Gasteiger partial charge in [0.15, 0.2) is 0 Å². The molecule has 0 amide bonds. The molecule has 35 heavy (non-hydrogen) atoms. The van der Waals surface area contributed by atoms with Gasteiger partial charge in [0.1, 0.15) is 12.5 Å². The minimum atomic E-state index is -0.443. The first-order valence-corrected chi connectivity index (χ1v) is 11.7. The molecule has 0 aliphatic carbocycles. The monoisotopic (exact) mass is 472 g/mol. The van der Waals surface area contributed by atoms with Gasteiger partial charge in [0, 0.05) is 0 Å². The summed E-state index contributed by atoms with van der Waals surface area (Å²) in [7, 11) is 1.85. The fraction of sp³-hybridized carbons (Fsp3) is 0.241. The molecular weight excluding hydrogens is 440 g/mol. The molecule has 0 spiro atoms. The lowest BCUT2D eigenvalue weighted by Crippen LogP contribution is -2.13. The number of esters is 1. The maximum atomic E-state index is 11.4. The lowest BCUT2D eigenvalue weighted by Gasteiger charge is -2.17. The van der Waals surface area contributed by atoms with Crippen LogP contribution in [0.25, 0.3) is 11.1 Å². The van der Waals surface area contributed by atoms with Crippen LogP contribution in [0.3, 0.4) is 0 Å². The van der Waals surface area contributed by atoms with Gasteiger partial charge in [-0.05, 0) is 72.0 Å². The lowest BCUT2D eigenvalue weighted by atomic mass is 9.87. The van der Waals surface area contributed by atoms with Gasteiger partial charge in [0.25, 0.3) is 0 Å². The van der Waals surface area contributed by atoms with E-state index in [0.29, 0.717) is 13.3 Å². The molecule has 3 rings (SSSR count). The van der Waals surface area contributed by atoms with Gasteiger partial charge in [-0.25, -0.2) is 4.79 Å². The van der Waals surface area contributed by atoms with Crippen LogP contribution in [0.15, 0.2) is 84.0 Å². The Balaban J connectivity index is 1.98. The quantitative estimate of drug-likeness (QED) is 0.123.